The van der Waals surface area contributed by atoms with Crippen LogP contribution < -0.4 is 15.6 Å². The van der Waals surface area contributed by atoms with Gasteiger partial charge in [0.2, 0.25) is 5.52 Å². The molecule has 0 atom stereocenters. The van der Waals surface area contributed by atoms with Crippen molar-refractivity contribution in [1.29, 1.82) is 0 Å². The first-order valence-corrected chi connectivity index (χ1v) is 7.79. The van der Waals surface area contributed by atoms with Crippen LogP contribution in [-0.2, 0) is 7.05 Å². The highest BCUT2D eigenvalue weighted by molar-refractivity contribution is 6.83. The molecule has 1 aliphatic rings. The van der Waals surface area contributed by atoms with E-state index in [4.69, 9.17) is 4.11 Å². The Bertz CT molecular complexity index is 1030. The van der Waals surface area contributed by atoms with Gasteiger partial charge in [0.1, 0.15) is 7.05 Å². The first-order valence-electron chi connectivity index (χ1n) is 9.29. The van der Waals surface area contributed by atoms with E-state index in [0.29, 0.717) is 5.70 Å². The van der Waals surface area contributed by atoms with Gasteiger partial charge in [0.15, 0.2) is 5.59 Å². The fourth-order valence-corrected chi connectivity index (χ4v) is 3.48. The van der Waals surface area contributed by atoms with E-state index in [1.54, 1.807) is 6.08 Å². The van der Waals surface area contributed by atoms with Gasteiger partial charge < -0.3 is 4.81 Å². The maximum atomic E-state index is 7.95. The first kappa shape index (κ1) is 11.1. The van der Waals surface area contributed by atoms with Crippen LogP contribution in [0.5, 0.6) is 0 Å². The van der Waals surface area contributed by atoms with Gasteiger partial charge in [-0.1, -0.05) is 36.4 Å². The minimum Gasteiger partial charge on any atom is -0.408 e. The first-order chi connectivity index (χ1) is 12.4. The van der Waals surface area contributed by atoms with Crippen molar-refractivity contribution in [2.45, 2.75) is 6.85 Å². The van der Waals surface area contributed by atoms with E-state index in [1.165, 1.54) is 0 Å². The molecular formula is C20H20BN2+. The second-order valence-electron chi connectivity index (χ2n) is 6.05. The van der Waals surface area contributed by atoms with Gasteiger partial charge in [-0.2, -0.15) is 0 Å². The van der Waals surface area contributed by atoms with E-state index in [9.17, 15) is 0 Å². The number of fused-ring (bicyclic) bond motifs is 2. The minimum absolute atomic E-state index is 0.152. The number of pyridine rings is 1. The zero-order chi connectivity index (χ0) is 18.5. The SMILES string of the molecule is [2H]C([2H])([2H])C1=Cc2ccccc2B(c2ccc3ccccc3[n+]2C)N1C. The Hall–Kier alpha value is -2.55. The van der Waals surface area contributed by atoms with Crippen LogP contribution >= 0.6 is 0 Å². The lowest BCUT2D eigenvalue weighted by Gasteiger charge is -2.31. The van der Waals surface area contributed by atoms with Crippen molar-refractivity contribution >= 4 is 34.9 Å². The molecule has 0 bridgehead atoms. The van der Waals surface area contributed by atoms with Crippen molar-refractivity contribution in [2.75, 3.05) is 7.05 Å². The Kier molecular flexibility index (Phi) is 2.54. The average Bonchev–Trinajstić information content (AvgIpc) is 2.62. The third kappa shape index (κ3) is 2.15. The largest absolute Gasteiger partial charge is 0.408 e. The Balaban J connectivity index is 1.96. The second kappa shape index (κ2) is 5.27. The van der Waals surface area contributed by atoms with Crippen molar-refractivity contribution in [2.24, 2.45) is 7.05 Å². The summed E-state index contributed by atoms with van der Waals surface area (Å²) in [5, 5.41) is 1.16. The van der Waals surface area contributed by atoms with E-state index >= 15 is 0 Å². The molecule has 0 spiro atoms. The maximum absolute atomic E-state index is 7.95. The average molecular weight is 302 g/mol. The molecule has 0 amide bonds. The summed E-state index contributed by atoms with van der Waals surface area (Å²) in [4.78, 5) is 1.89. The molecule has 4 rings (SSSR count). The molecule has 0 aliphatic carbocycles. The zero-order valence-electron chi connectivity index (χ0n) is 16.3. The molecule has 1 aromatic heterocycles. The molecule has 0 unspecified atom stereocenters. The summed E-state index contributed by atoms with van der Waals surface area (Å²) in [5.74, 6) is 0. The lowest BCUT2D eigenvalue weighted by atomic mass is 9.48. The van der Waals surface area contributed by atoms with Gasteiger partial charge >= 0.3 is 6.85 Å². The van der Waals surface area contributed by atoms with Crippen LogP contribution in [0.1, 0.15) is 16.5 Å². The number of hydrogen-bond donors (Lipinski definition) is 0. The Labute approximate surface area is 142 Å². The predicted molar refractivity (Wildman–Crippen MR) is 98.0 cm³/mol. The Morgan fingerprint density at radius 1 is 1.00 bits per heavy atom. The molecule has 0 N–H and O–H groups in total. The lowest BCUT2D eigenvalue weighted by molar-refractivity contribution is -0.627. The van der Waals surface area contributed by atoms with Gasteiger partial charge in [-0.15, -0.1) is 0 Å². The summed E-state index contributed by atoms with van der Waals surface area (Å²) in [6.45, 7) is -2.31. The van der Waals surface area contributed by atoms with Gasteiger partial charge in [0.05, 0.1) is 0 Å². The molecule has 2 nitrogen and oxygen atoms in total. The number of nitrogens with zero attached hydrogens (tertiary/aromatic N) is 2. The molecule has 0 saturated heterocycles. The highest BCUT2D eigenvalue weighted by Crippen LogP contribution is 2.17. The normalized spacial score (nSPS) is 16.4. The number of para-hydroxylation sites is 1. The molecular weight excluding hydrogens is 279 g/mol. The van der Waals surface area contributed by atoms with E-state index < -0.39 is 6.85 Å². The zero-order valence-corrected chi connectivity index (χ0v) is 13.3. The smallest absolute Gasteiger partial charge is 0.404 e. The molecule has 1 aliphatic heterocycles. The van der Waals surface area contributed by atoms with Crippen molar-refractivity contribution < 1.29 is 8.68 Å². The summed E-state index contributed by atoms with van der Waals surface area (Å²) < 4.78 is 26.0. The molecule has 0 fully saturated rings. The summed E-state index contributed by atoms with van der Waals surface area (Å²) in [7, 11) is 3.91. The highest BCUT2D eigenvalue weighted by atomic mass is 15.1. The van der Waals surface area contributed by atoms with E-state index in [0.717, 1.165) is 27.5 Å². The van der Waals surface area contributed by atoms with Crippen molar-refractivity contribution in [1.82, 2.24) is 4.81 Å². The predicted octanol–water partition coefficient (Wildman–Crippen LogP) is 2.08. The standard InChI is InChI=1S/C20H20BN2/c1-15-14-17-9-4-6-10-18(17)21(23(15)3)20-13-12-16-8-5-7-11-19(16)22(20)2/h4-14H,1-3H3/q+1/i1D3. The molecule has 3 aromatic rings. The maximum Gasteiger partial charge on any atom is 0.404 e. The summed E-state index contributed by atoms with van der Waals surface area (Å²) in [5.41, 5.74) is 4.65. The number of aryl methyl sites for hydroxylation is 1. The minimum atomic E-state index is -2.16. The fraction of sp³-hybridized carbons (Fsp3) is 0.150. The third-order valence-electron chi connectivity index (χ3n) is 4.75. The van der Waals surface area contributed by atoms with Crippen LogP contribution in [0.4, 0.5) is 0 Å². The van der Waals surface area contributed by atoms with E-state index in [2.05, 4.69) is 34.9 Å². The van der Waals surface area contributed by atoms with Crippen molar-refractivity contribution in [3.63, 3.8) is 0 Å². The van der Waals surface area contributed by atoms with E-state index in [-0.39, 0.29) is 6.85 Å². The van der Waals surface area contributed by atoms with Gasteiger partial charge in [-0.3, -0.25) is 0 Å². The molecule has 2 aromatic carbocycles. The van der Waals surface area contributed by atoms with Crippen LogP contribution in [0.2, 0.25) is 0 Å². The molecule has 0 radical (unpaired) electrons. The summed E-state index contributed by atoms with van der Waals surface area (Å²) >= 11 is 0. The molecule has 2 heterocycles. The molecule has 23 heavy (non-hydrogen) atoms. The number of hydrogen-bond acceptors (Lipinski definition) is 1. The van der Waals surface area contributed by atoms with Crippen LogP contribution in [0.3, 0.4) is 0 Å². The number of aromatic nitrogens is 1. The van der Waals surface area contributed by atoms with Crippen LogP contribution in [0.15, 0.2) is 66.4 Å². The topological polar surface area (TPSA) is 7.12 Å². The highest BCUT2D eigenvalue weighted by Gasteiger charge is 2.37. The van der Waals surface area contributed by atoms with Crippen LogP contribution in [-0.4, -0.2) is 18.7 Å². The quantitative estimate of drug-likeness (QED) is 0.493. The lowest BCUT2D eigenvalue weighted by Crippen LogP contribution is -2.66. The van der Waals surface area contributed by atoms with Gasteiger partial charge in [0, 0.05) is 15.6 Å². The van der Waals surface area contributed by atoms with E-state index in [1.807, 2.05) is 49.2 Å². The van der Waals surface area contributed by atoms with Crippen LogP contribution in [0.25, 0.3) is 17.0 Å². The van der Waals surface area contributed by atoms with Crippen molar-refractivity contribution in [3.8, 4) is 0 Å². The third-order valence-corrected chi connectivity index (χ3v) is 4.75. The monoisotopic (exact) mass is 302 g/mol. The van der Waals surface area contributed by atoms with Gasteiger partial charge in [0.25, 0.3) is 0 Å². The Morgan fingerprint density at radius 3 is 2.65 bits per heavy atom. The number of benzene rings is 2. The molecule has 3 heteroatoms. The van der Waals surface area contributed by atoms with Crippen LogP contribution in [0, 0.1) is 0 Å². The van der Waals surface area contributed by atoms with Gasteiger partial charge in [-0.05, 0) is 54.9 Å². The number of rotatable bonds is 1. The van der Waals surface area contributed by atoms with Crippen molar-refractivity contribution in [3.05, 3.63) is 71.9 Å². The number of allylic oxidation sites excluding steroid dienone is 1. The van der Waals surface area contributed by atoms with Gasteiger partial charge in [-0.25, -0.2) is 4.57 Å². The molecule has 0 saturated carbocycles. The second-order valence-corrected chi connectivity index (χ2v) is 6.05. The summed E-state index contributed by atoms with van der Waals surface area (Å²) in [6, 6.07) is 20.5. The summed E-state index contributed by atoms with van der Waals surface area (Å²) in [6.07, 6.45) is 1.79. The Morgan fingerprint density at radius 2 is 1.78 bits per heavy atom. The molecule has 112 valence electrons. The fourth-order valence-electron chi connectivity index (χ4n) is 3.48.